The van der Waals surface area contributed by atoms with Crippen LogP contribution in [0.25, 0.3) is 22.2 Å². The van der Waals surface area contributed by atoms with Crippen LogP contribution in [0.3, 0.4) is 0 Å². The fourth-order valence-electron chi connectivity index (χ4n) is 2.16. The van der Waals surface area contributed by atoms with Crippen molar-refractivity contribution >= 4 is 28.6 Å². The molecule has 0 saturated heterocycles. The van der Waals surface area contributed by atoms with E-state index in [-0.39, 0.29) is 0 Å². The summed E-state index contributed by atoms with van der Waals surface area (Å²) in [5.41, 5.74) is 2.73. The lowest BCUT2D eigenvalue weighted by atomic mass is 10.1. The third-order valence-electron chi connectivity index (χ3n) is 3.31. The Labute approximate surface area is 132 Å². The molecule has 3 aromatic rings. The van der Waals surface area contributed by atoms with Crippen molar-refractivity contribution in [3.8, 4) is 11.3 Å². The Bertz CT molecular complexity index is 821. The maximum atomic E-state index is 11.1. The van der Waals surface area contributed by atoms with Crippen LogP contribution in [-0.4, -0.2) is 26.3 Å². The van der Waals surface area contributed by atoms with Crippen molar-refractivity contribution < 1.29 is 9.90 Å². The van der Waals surface area contributed by atoms with E-state index < -0.39 is 11.2 Å². The molecule has 0 amide bonds. The summed E-state index contributed by atoms with van der Waals surface area (Å²) in [7, 11) is 0. The number of hydrogen-bond acceptors (Lipinski definition) is 4. The molecule has 1 atom stereocenters. The van der Waals surface area contributed by atoms with Gasteiger partial charge in [0.05, 0.1) is 11.2 Å². The number of nitrogens with zero attached hydrogens (tertiary/aromatic N) is 2. The monoisotopic (exact) mass is 310 g/mol. The van der Waals surface area contributed by atoms with Crippen LogP contribution in [0.5, 0.6) is 0 Å². The minimum atomic E-state index is -0.823. The largest absolute Gasteiger partial charge is 0.480 e. The lowest BCUT2D eigenvalue weighted by molar-refractivity contribution is -0.136. The molecule has 0 bridgehead atoms. The van der Waals surface area contributed by atoms with E-state index in [1.807, 2.05) is 42.5 Å². The lowest BCUT2D eigenvalue weighted by Crippen LogP contribution is -2.11. The van der Waals surface area contributed by atoms with Crippen molar-refractivity contribution in [3.63, 3.8) is 0 Å². The molecule has 0 saturated carbocycles. The molecule has 1 unspecified atom stereocenters. The number of aliphatic carboxylic acids is 1. The molecule has 0 radical (unpaired) electrons. The second-order valence-corrected chi connectivity index (χ2v) is 6.24. The molecule has 2 aromatic heterocycles. The zero-order valence-corrected chi connectivity index (χ0v) is 12.7. The number of aromatic nitrogens is 2. The molecule has 0 aliphatic heterocycles. The van der Waals surface area contributed by atoms with Crippen LogP contribution in [-0.2, 0) is 4.79 Å². The predicted octanol–water partition coefficient (Wildman–Crippen LogP) is 3.86. The molecule has 1 aromatic carbocycles. The van der Waals surface area contributed by atoms with Gasteiger partial charge in [-0.1, -0.05) is 12.1 Å². The summed E-state index contributed by atoms with van der Waals surface area (Å²) in [6.45, 7) is 1.68. The van der Waals surface area contributed by atoms with Gasteiger partial charge in [-0.3, -0.25) is 14.8 Å². The maximum Gasteiger partial charge on any atom is 0.316 e. The zero-order chi connectivity index (χ0) is 15.5. The van der Waals surface area contributed by atoms with E-state index in [4.69, 9.17) is 5.11 Å². The molecule has 4 nitrogen and oxygen atoms in total. The van der Waals surface area contributed by atoms with Gasteiger partial charge in [-0.15, -0.1) is 11.8 Å². The Morgan fingerprint density at radius 2 is 2.00 bits per heavy atom. The van der Waals surface area contributed by atoms with Gasteiger partial charge >= 0.3 is 5.97 Å². The molecule has 5 heteroatoms. The number of benzene rings is 1. The first-order valence-electron chi connectivity index (χ1n) is 6.85. The van der Waals surface area contributed by atoms with Crippen LogP contribution in [0.15, 0.2) is 59.8 Å². The van der Waals surface area contributed by atoms with E-state index in [0.29, 0.717) is 0 Å². The van der Waals surface area contributed by atoms with E-state index in [9.17, 15) is 4.79 Å². The van der Waals surface area contributed by atoms with E-state index in [2.05, 4.69) is 9.97 Å². The van der Waals surface area contributed by atoms with Crippen molar-refractivity contribution in [1.29, 1.82) is 0 Å². The van der Waals surface area contributed by atoms with Crippen molar-refractivity contribution in [2.24, 2.45) is 0 Å². The van der Waals surface area contributed by atoms with Crippen molar-refractivity contribution in [3.05, 3.63) is 54.9 Å². The van der Waals surface area contributed by atoms with Crippen LogP contribution in [0.1, 0.15) is 6.92 Å². The second kappa shape index (κ2) is 6.15. The lowest BCUT2D eigenvalue weighted by Gasteiger charge is -2.10. The van der Waals surface area contributed by atoms with E-state index in [1.165, 1.54) is 11.8 Å². The molecule has 110 valence electrons. The topological polar surface area (TPSA) is 63.1 Å². The normalized spacial score (nSPS) is 12.2. The second-order valence-electron chi connectivity index (χ2n) is 4.85. The first-order valence-corrected chi connectivity index (χ1v) is 7.73. The summed E-state index contributed by atoms with van der Waals surface area (Å²) in [6.07, 6.45) is 3.46. The summed E-state index contributed by atoms with van der Waals surface area (Å²) < 4.78 is 0. The Balaban J connectivity index is 2.08. The Hall–Kier alpha value is -2.40. The Kier molecular flexibility index (Phi) is 4.06. The smallest absolute Gasteiger partial charge is 0.316 e. The molecular formula is C17H14N2O2S. The van der Waals surface area contributed by atoms with Gasteiger partial charge < -0.3 is 5.11 Å². The Morgan fingerprint density at radius 3 is 2.73 bits per heavy atom. The highest BCUT2D eigenvalue weighted by Gasteiger charge is 2.14. The van der Waals surface area contributed by atoms with Gasteiger partial charge in [0.1, 0.15) is 5.25 Å². The Morgan fingerprint density at radius 1 is 1.14 bits per heavy atom. The zero-order valence-electron chi connectivity index (χ0n) is 11.9. The first kappa shape index (κ1) is 14.5. The highest BCUT2D eigenvalue weighted by atomic mass is 32.2. The SMILES string of the molecule is CC(Sc1ccnc2ccc(-c3ccccn3)cc12)C(=O)O. The number of pyridine rings is 2. The minimum Gasteiger partial charge on any atom is -0.480 e. The fraction of sp³-hybridized carbons (Fsp3) is 0.118. The number of hydrogen-bond donors (Lipinski definition) is 1. The molecule has 3 rings (SSSR count). The molecular weight excluding hydrogens is 296 g/mol. The number of carboxylic acids is 1. The average molecular weight is 310 g/mol. The van der Waals surface area contributed by atoms with Gasteiger partial charge in [0.25, 0.3) is 0 Å². The number of carboxylic acid groups (broad SMARTS) is 1. The van der Waals surface area contributed by atoms with E-state index in [0.717, 1.165) is 27.1 Å². The third kappa shape index (κ3) is 2.94. The van der Waals surface area contributed by atoms with Gasteiger partial charge in [-0.05, 0) is 37.3 Å². The summed E-state index contributed by atoms with van der Waals surface area (Å²) in [5.74, 6) is -0.823. The van der Waals surface area contributed by atoms with Crippen LogP contribution < -0.4 is 0 Å². The summed E-state index contributed by atoms with van der Waals surface area (Å²) >= 11 is 1.33. The average Bonchev–Trinajstić information content (AvgIpc) is 2.55. The molecule has 0 spiro atoms. The summed E-state index contributed by atoms with van der Waals surface area (Å²) in [6, 6.07) is 13.6. The van der Waals surface area contributed by atoms with Crippen molar-refractivity contribution in [2.45, 2.75) is 17.1 Å². The quantitative estimate of drug-likeness (QED) is 0.741. The van der Waals surface area contributed by atoms with Gasteiger partial charge in [0.15, 0.2) is 0 Å². The number of fused-ring (bicyclic) bond motifs is 1. The van der Waals surface area contributed by atoms with Crippen molar-refractivity contribution in [2.75, 3.05) is 0 Å². The third-order valence-corrected chi connectivity index (χ3v) is 4.48. The number of rotatable bonds is 4. The maximum absolute atomic E-state index is 11.1. The molecule has 0 fully saturated rings. The molecule has 1 N–H and O–H groups in total. The van der Waals surface area contributed by atoms with Crippen LogP contribution >= 0.6 is 11.8 Å². The van der Waals surface area contributed by atoms with Crippen LogP contribution in [0, 0.1) is 0 Å². The van der Waals surface area contributed by atoms with E-state index in [1.54, 1.807) is 19.3 Å². The summed E-state index contributed by atoms with van der Waals surface area (Å²) in [5, 5.41) is 9.54. The van der Waals surface area contributed by atoms with Crippen molar-refractivity contribution in [1.82, 2.24) is 9.97 Å². The van der Waals surface area contributed by atoms with E-state index >= 15 is 0 Å². The first-order chi connectivity index (χ1) is 10.6. The molecule has 2 heterocycles. The number of carbonyl (C=O) groups is 1. The number of thioether (sulfide) groups is 1. The van der Waals surface area contributed by atoms with Gasteiger partial charge in [-0.2, -0.15) is 0 Å². The summed E-state index contributed by atoms with van der Waals surface area (Å²) in [4.78, 5) is 20.7. The minimum absolute atomic E-state index is 0.510. The molecule has 22 heavy (non-hydrogen) atoms. The van der Waals surface area contributed by atoms with Gasteiger partial charge in [-0.25, -0.2) is 0 Å². The van der Waals surface area contributed by atoms with Gasteiger partial charge in [0, 0.05) is 28.2 Å². The highest BCUT2D eigenvalue weighted by Crippen LogP contribution is 2.32. The van der Waals surface area contributed by atoms with Gasteiger partial charge in [0.2, 0.25) is 0 Å². The van der Waals surface area contributed by atoms with Crippen LogP contribution in [0.4, 0.5) is 0 Å². The molecule has 0 aliphatic rings. The van der Waals surface area contributed by atoms with Crippen LogP contribution in [0.2, 0.25) is 0 Å². The fourth-order valence-corrected chi connectivity index (χ4v) is 3.07. The highest BCUT2D eigenvalue weighted by molar-refractivity contribution is 8.00. The standard InChI is InChI=1S/C17H14N2O2S/c1-11(17(20)21)22-16-7-9-19-15-6-5-12(10-13(15)16)14-4-2-3-8-18-14/h2-11H,1H3,(H,20,21). The predicted molar refractivity (Wildman–Crippen MR) is 87.9 cm³/mol. The molecule has 0 aliphatic carbocycles.